The molecule has 1 saturated heterocycles. The van der Waals surface area contributed by atoms with E-state index in [1.807, 2.05) is 0 Å². The Morgan fingerprint density at radius 1 is 1.19 bits per heavy atom. The first-order valence-electron chi connectivity index (χ1n) is 6.64. The molecule has 3 amide bonds. The van der Waals surface area contributed by atoms with E-state index in [1.165, 1.54) is 11.2 Å². The summed E-state index contributed by atoms with van der Waals surface area (Å²) in [4.78, 5) is 38.3. The molecule has 2 N–H and O–H groups in total. The second-order valence-corrected chi connectivity index (χ2v) is 4.54. The van der Waals surface area contributed by atoms with Crippen LogP contribution in [-0.4, -0.2) is 72.0 Å². The number of hydrogen-bond acceptors (Lipinski definition) is 5. The van der Waals surface area contributed by atoms with E-state index in [1.54, 1.807) is 17.0 Å². The molecule has 2 heterocycles. The van der Waals surface area contributed by atoms with Crippen molar-refractivity contribution in [3.8, 4) is 0 Å². The third-order valence-electron chi connectivity index (χ3n) is 3.18. The molecule has 0 aliphatic carbocycles. The molecule has 0 atom stereocenters. The Hall–Kier alpha value is -2.35. The number of furan rings is 1. The lowest BCUT2D eigenvalue weighted by atomic mass is 10.2. The quantitative estimate of drug-likeness (QED) is 0.673. The Morgan fingerprint density at radius 3 is 2.43 bits per heavy atom. The van der Waals surface area contributed by atoms with E-state index >= 15 is 0 Å². The highest BCUT2D eigenvalue weighted by atomic mass is 16.3. The van der Waals surface area contributed by atoms with Gasteiger partial charge in [-0.3, -0.25) is 14.4 Å². The van der Waals surface area contributed by atoms with E-state index in [0.29, 0.717) is 13.1 Å². The molecule has 1 aromatic rings. The van der Waals surface area contributed by atoms with Crippen LogP contribution in [0, 0.1) is 0 Å². The van der Waals surface area contributed by atoms with Crippen LogP contribution in [0.5, 0.6) is 0 Å². The Bertz CT molecular complexity index is 506. The largest absolute Gasteiger partial charge is 0.459 e. The van der Waals surface area contributed by atoms with E-state index in [0.717, 1.165) is 0 Å². The minimum absolute atomic E-state index is 0.0432. The minimum Gasteiger partial charge on any atom is -0.459 e. The van der Waals surface area contributed by atoms with Gasteiger partial charge in [-0.05, 0) is 12.1 Å². The van der Waals surface area contributed by atoms with Crippen molar-refractivity contribution in [1.82, 2.24) is 15.1 Å². The highest BCUT2D eigenvalue weighted by Crippen LogP contribution is 2.09. The van der Waals surface area contributed by atoms with Crippen LogP contribution in [0.1, 0.15) is 10.6 Å². The van der Waals surface area contributed by atoms with Gasteiger partial charge in [0.15, 0.2) is 5.76 Å². The molecule has 8 heteroatoms. The maximum atomic E-state index is 12.0. The zero-order chi connectivity index (χ0) is 15.2. The van der Waals surface area contributed by atoms with E-state index in [2.05, 4.69) is 5.32 Å². The van der Waals surface area contributed by atoms with E-state index in [4.69, 9.17) is 9.52 Å². The number of rotatable bonds is 3. The van der Waals surface area contributed by atoms with Gasteiger partial charge in [0.05, 0.1) is 12.9 Å². The molecule has 0 saturated carbocycles. The van der Waals surface area contributed by atoms with Crippen LogP contribution >= 0.6 is 0 Å². The van der Waals surface area contributed by atoms with Crippen molar-refractivity contribution in [3.63, 3.8) is 0 Å². The van der Waals surface area contributed by atoms with Crippen LogP contribution in [0.2, 0.25) is 0 Å². The van der Waals surface area contributed by atoms with Crippen LogP contribution in [-0.2, 0) is 9.59 Å². The molecule has 8 nitrogen and oxygen atoms in total. The summed E-state index contributed by atoms with van der Waals surface area (Å²) in [7, 11) is 0. The fourth-order valence-corrected chi connectivity index (χ4v) is 2.06. The number of nitrogens with zero attached hydrogens (tertiary/aromatic N) is 2. The number of nitrogens with one attached hydrogen (secondary N) is 1. The molecule has 1 aliphatic heterocycles. The molecule has 0 spiro atoms. The molecule has 0 bridgehead atoms. The van der Waals surface area contributed by atoms with Crippen molar-refractivity contribution in [2.24, 2.45) is 0 Å². The van der Waals surface area contributed by atoms with Crippen LogP contribution < -0.4 is 5.32 Å². The molecule has 2 rings (SSSR count). The summed E-state index contributed by atoms with van der Waals surface area (Å²) in [6.45, 7) is 1.10. The average molecular weight is 295 g/mol. The van der Waals surface area contributed by atoms with Crippen molar-refractivity contribution < 1.29 is 23.9 Å². The average Bonchev–Trinajstić information content (AvgIpc) is 3.05. The third kappa shape index (κ3) is 3.60. The van der Waals surface area contributed by atoms with Gasteiger partial charge in [0.1, 0.15) is 0 Å². The topological polar surface area (TPSA) is 103 Å². The number of hydrogen-bond donors (Lipinski definition) is 2. The van der Waals surface area contributed by atoms with Gasteiger partial charge in [0.2, 0.25) is 0 Å². The van der Waals surface area contributed by atoms with Crippen LogP contribution in [0.4, 0.5) is 0 Å². The second kappa shape index (κ2) is 6.89. The maximum Gasteiger partial charge on any atom is 0.312 e. The summed E-state index contributed by atoms with van der Waals surface area (Å²) in [5.74, 6) is -1.35. The third-order valence-corrected chi connectivity index (χ3v) is 3.18. The second-order valence-electron chi connectivity index (χ2n) is 4.54. The molecule has 0 aromatic carbocycles. The summed E-state index contributed by atoms with van der Waals surface area (Å²) in [6, 6.07) is 3.22. The van der Waals surface area contributed by atoms with Crippen molar-refractivity contribution in [2.75, 3.05) is 39.3 Å². The predicted octanol–water partition coefficient (Wildman–Crippen LogP) is -1.33. The molecular formula is C13H17N3O5. The monoisotopic (exact) mass is 295 g/mol. The number of piperazine rings is 1. The maximum absolute atomic E-state index is 12.0. The van der Waals surface area contributed by atoms with E-state index in [-0.39, 0.29) is 37.9 Å². The van der Waals surface area contributed by atoms with Crippen LogP contribution in [0.25, 0.3) is 0 Å². The van der Waals surface area contributed by atoms with Crippen molar-refractivity contribution >= 4 is 17.7 Å². The van der Waals surface area contributed by atoms with Gasteiger partial charge in [-0.2, -0.15) is 0 Å². The van der Waals surface area contributed by atoms with Crippen molar-refractivity contribution in [1.29, 1.82) is 0 Å². The molecule has 21 heavy (non-hydrogen) atoms. The Kier molecular flexibility index (Phi) is 4.94. The van der Waals surface area contributed by atoms with Gasteiger partial charge < -0.3 is 24.6 Å². The molecular weight excluding hydrogens is 278 g/mol. The van der Waals surface area contributed by atoms with Gasteiger partial charge in [0.25, 0.3) is 5.91 Å². The van der Waals surface area contributed by atoms with E-state index in [9.17, 15) is 14.4 Å². The summed E-state index contributed by atoms with van der Waals surface area (Å²) < 4.78 is 5.05. The standard InChI is InChI=1S/C13H17N3O5/c17-8-3-14-11(18)13(20)16-6-4-15(5-7-16)12(19)10-2-1-9-21-10/h1-2,9,17H,3-8H2,(H,14,18). The molecule has 0 radical (unpaired) electrons. The lowest BCUT2D eigenvalue weighted by Crippen LogP contribution is -2.54. The number of carbonyl (C=O) groups is 3. The fourth-order valence-electron chi connectivity index (χ4n) is 2.06. The lowest BCUT2D eigenvalue weighted by Gasteiger charge is -2.33. The SMILES string of the molecule is O=C(NCCO)C(=O)N1CCN(C(=O)c2ccco2)CC1. The van der Waals surface area contributed by atoms with Gasteiger partial charge in [0, 0.05) is 32.7 Å². The van der Waals surface area contributed by atoms with Gasteiger partial charge in [-0.25, -0.2) is 0 Å². The first kappa shape index (κ1) is 15.0. The lowest BCUT2D eigenvalue weighted by molar-refractivity contribution is -0.146. The highest BCUT2D eigenvalue weighted by Gasteiger charge is 2.28. The Morgan fingerprint density at radius 2 is 1.86 bits per heavy atom. The Labute approximate surface area is 121 Å². The van der Waals surface area contributed by atoms with Gasteiger partial charge >= 0.3 is 11.8 Å². The normalized spacial score (nSPS) is 14.9. The number of amides is 3. The summed E-state index contributed by atoms with van der Waals surface area (Å²) in [6.07, 6.45) is 1.43. The summed E-state index contributed by atoms with van der Waals surface area (Å²) >= 11 is 0. The zero-order valence-electron chi connectivity index (χ0n) is 11.4. The molecule has 114 valence electrons. The number of aliphatic hydroxyl groups is 1. The molecule has 0 unspecified atom stereocenters. The summed E-state index contributed by atoms with van der Waals surface area (Å²) in [5.41, 5.74) is 0. The first-order chi connectivity index (χ1) is 10.1. The molecule has 1 aromatic heterocycles. The minimum atomic E-state index is -0.741. The van der Waals surface area contributed by atoms with Crippen LogP contribution in [0.3, 0.4) is 0 Å². The van der Waals surface area contributed by atoms with Crippen LogP contribution in [0.15, 0.2) is 22.8 Å². The highest BCUT2D eigenvalue weighted by molar-refractivity contribution is 6.35. The number of aliphatic hydroxyl groups excluding tert-OH is 1. The molecule has 1 aliphatic rings. The van der Waals surface area contributed by atoms with E-state index < -0.39 is 11.8 Å². The Balaban J connectivity index is 1.84. The van der Waals surface area contributed by atoms with Crippen molar-refractivity contribution in [2.45, 2.75) is 0 Å². The first-order valence-corrected chi connectivity index (χ1v) is 6.64. The number of carbonyl (C=O) groups excluding carboxylic acids is 3. The summed E-state index contributed by atoms with van der Waals surface area (Å²) in [5, 5.41) is 10.9. The zero-order valence-corrected chi connectivity index (χ0v) is 11.4. The smallest absolute Gasteiger partial charge is 0.312 e. The van der Waals surface area contributed by atoms with Gasteiger partial charge in [-0.1, -0.05) is 0 Å². The fraction of sp³-hybridized carbons (Fsp3) is 0.462. The van der Waals surface area contributed by atoms with Crippen molar-refractivity contribution in [3.05, 3.63) is 24.2 Å². The predicted molar refractivity (Wildman–Crippen MR) is 71.3 cm³/mol. The van der Waals surface area contributed by atoms with Gasteiger partial charge in [-0.15, -0.1) is 0 Å². The molecule has 1 fully saturated rings.